The first-order valence-electron chi connectivity index (χ1n) is 8.12. The average molecular weight is 327 g/mol. The summed E-state index contributed by atoms with van der Waals surface area (Å²) in [5.74, 6) is 0. The van der Waals surface area contributed by atoms with Crippen molar-refractivity contribution in [3.63, 3.8) is 0 Å². The van der Waals surface area contributed by atoms with Crippen LogP contribution in [0.15, 0.2) is 36.4 Å². The molecule has 0 aromatic heterocycles. The van der Waals surface area contributed by atoms with Crippen LogP contribution in [-0.4, -0.2) is 5.11 Å². The van der Waals surface area contributed by atoms with E-state index in [1.807, 2.05) is 0 Å². The van der Waals surface area contributed by atoms with Crippen LogP contribution in [0.3, 0.4) is 0 Å². The van der Waals surface area contributed by atoms with Crippen LogP contribution in [0.4, 0.5) is 5.69 Å². The topological polar surface area (TPSA) is 24.1 Å². The lowest BCUT2D eigenvalue weighted by Crippen LogP contribution is -2.32. The highest BCUT2D eigenvalue weighted by molar-refractivity contribution is 7.80. The summed E-state index contributed by atoms with van der Waals surface area (Å²) in [6, 6.07) is 13.2. The Morgan fingerprint density at radius 1 is 0.957 bits per heavy atom. The molecule has 122 valence electrons. The Morgan fingerprint density at radius 2 is 1.61 bits per heavy atom. The van der Waals surface area contributed by atoms with Crippen molar-refractivity contribution in [2.75, 3.05) is 5.32 Å². The van der Waals surface area contributed by atoms with E-state index in [0.717, 1.165) is 12.1 Å². The standard InChI is InChI=1S/C20H26N2S/c1-6-19(18-8-7-13(2)10-16(18)5)22-20(23)21-17-11-14(3)9-15(4)12-17/h7-12,19H,6H2,1-5H3,(H2,21,22,23)/t19-/m0/s1. The summed E-state index contributed by atoms with van der Waals surface area (Å²) in [7, 11) is 0. The molecule has 23 heavy (non-hydrogen) atoms. The fourth-order valence-corrected chi connectivity index (χ4v) is 3.25. The number of thiocarbonyl (C=S) groups is 1. The highest BCUT2D eigenvalue weighted by Crippen LogP contribution is 2.22. The summed E-state index contributed by atoms with van der Waals surface area (Å²) in [4.78, 5) is 0. The maximum atomic E-state index is 5.51. The van der Waals surface area contributed by atoms with Crippen LogP contribution in [0.25, 0.3) is 0 Å². The molecule has 1 atom stereocenters. The second-order valence-corrected chi connectivity index (χ2v) is 6.70. The molecule has 0 heterocycles. The molecule has 0 amide bonds. The van der Waals surface area contributed by atoms with Gasteiger partial charge in [0.25, 0.3) is 0 Å². The fourth-order valence-electron chi connectivity index (χ4n) is 2.99. The second kappa shape index (κ2) is 7.60. The van der Waals surface area contributed by atoms with E-state index in [1.54, 1.807) is 0 Å². The minimum absolute atomic E-state index is 0.224. The molecule has 0 bridgehead atoms. The van der Waals surface area contributed by atoms with E-state index < -0.39 is 0 Å². The van der Waals surface area contributed by atoms with Crippen LogP contribution in [0.1, 0.15) is 47.2 Å². The number of hydrogen-bond donors (Lipinski definition) is 2. The van der Waals surface area contributed by atoms with Crippen LogP contribution in [0, 0.1) is 27.7 Å². The normalized spacial score (nSPS) is 11.9. The summed E-state index contributed by atoms with van der Waals surface area (Å²) in [6.45, 7) is 10.7. The van der Waals surface area contributed by atoms with Crippen LogP contribution >= 0.6 is 12.2 Å². The monoisotopic (exact) mass is 326 g/mol. The van der Waals surface area contributed by atoms with Crippen molar-refractivity contribution in [2.45, 2.75) is 47.1 Å². The number of nitrogens with one attached hydrogen (secondary N) is 2. The molecule has 0 fully saturated rings. The number of benzene rings is 2. The summed E-state index contributed by atoms with van der Waals surface area (Å²) < 4.78 is 0. The Hall–Kier alpha value is -1.87. The molecular formula is C20H26N2S. The first kappa shape index (κ1) is 17.5. The molecular weight excluding hydrogens is 300 g/mol. The maximum Gasteiger partial charge on any atom is 0.171 e. The van der Waals surface area contributed by atoms with Crippen molar-refractivity contribution in [1.82, 2.24) is 5.32 Å². The Balaban J connectivity index is 2.10. The van der Waals surface area contributed by atoms with Gasteiger partial charge in [0.2, 0.25) is 0 Å². The van der Waals surface area contributed by atoms with Gasteiger partial charge in [-0.15, -0.1) is 0 Å². The van der Waals surface area contributed by atoms with Gasteiger partial charge in [-0.1, -0.05) is 36.8 Å². The summed E-state index contributed by atoms with van der Waals surface area (Å²) >= 11 is 5.51. The molecule has 2 rings (SSSR count). The molecule has 0 spiro atoms. The molecule has 0 aliphatic heterocycles. The summed E-state index contributed by atoms with van der Waals surface area (Å²) in [5.41, 5.74) is 7.40. The fraction of sp³-hybridized carbons (Fsp3) is 0.350. The predicted octanol–water partition coefficient (Wildman–Crippen LogP) is 5.36. The van der Waals surface area contributed by atoms with Gasteiger partial charge in [0, 0.05) is 5.69 Å². The first-order chi connectivity index (χ1) is 10.9. The number of rotatable bonds is 4. The van der Waals surface area contributed by atoms with Gasteiger partial charge in [-0.2, -0.15) is 0 Å². The van der Waals surface area contributed by atoms with E-state index in [0.29, 0.717) is 5.11 Å². The number of anilines is 1. The summed E-state index contributed by atoms with van der Waals surface area (Å²) in [5, 5.41) is 7.43. The van der Waals surface area contributed by atoms with Gasteiger partial charge in [-0.25, -0.2) is 0 Å². The Morgan fingerprint density at radius 3 is 2.17 bits per heavy atom. The van der Waals surface area contributed by atoms with E-state index in [4.69, 9.17) is 12.2 Å². The van der Waals surface area contributed by atoms with Crippen LogP contribution in [-0.2, 0) is 0 Å². The smallest absolute Gasteiger partial charge is 0.171 e. The second-order valence-electron chi connectivity index (χ2n) is 6.30. The Bertz CT molecular complexity index is 687. The third-order valence-electron chi connectivity index (χ3n) is 3.99. The third-order valence-corrected chi connectivity index (χ3v) is 4.21. The zero-order chi connectivity index (χ0) is 17.0. The van der Waals surface area contributed by atoms with Crippen molar-refractivity contribution in [2.24, 2.45) is 0 Å². The van der Waals surface area contributed by atoms with Crippen LogP contribution in [0.5, 0.6) is 0 Å². The SMILES string of the molecule is CC[C@H](NC(=S)Nc1cc(C)cc(C)c1)c1ccc(C)cc1C. The number of aryl methyl sites for hydroxylation is 4. The van der Waals surface area contributed by atoms with Crippen molar-refractivity contribution >= 4 is 23.0 Å². The van der Waals surface area contributed by atoms with Gasteiger partial charge >= 0.3 is 0 Å². The van der Waals surface area contributed by atoms with Gasteiger partial charge in [-0.3, -0.25) is 0 Å². The van der Waals surface area contributed by atoms with E-state index in [1.165, 1.54) is 27.8 Å². The molecule has 3 heteroatoms. The largest absolute Gasteiger partial charge is 0.356 e. The van der Waals surface area contributed by atoms with E-state index >= 15 is 0 Å². The molecule has 0 unspecified atom stereocenters. The van der Waals surface area contributed by atoms with Crippen LogP contribution < -0.4 is 10.6 Å². The zero-order valence-electron chi connectivity index (χ0n) is 14.7. The Kier molecular flexibility index (Phi) is 5.78. The van der Waals surface area contributed by atoms with Gasteiger partial charge in [-0.05, 0) is 80.7 Å². The highest BCUT2D eigenvalue weighted by Gasteiger charge is 2.13. The van der Waals surface area contributed by atoms with Crippen molar-refractivity contribution < 1.29 is 0 Å². The minimum Gasteiger partial charge on any atom is -0.356 e. The van der Waals surface area contributed by atoms with Gasteiger partial charge in [0.05, 0.1) is 6.04 Å². The number of hydrogen-bond acceptors (Lipinski definition) is 1. The van der Waals surface area contributed by atoms with E-state index in [9.17, 15) is 0 Å². The quantitative estimate of drug-likeness (QED) is 0.740. The van der Waals surface area contributed by atoms with Gasteiger partial charge in [0.1, 0.15) is 0 Å². The third kappa shape index (κ3) is 4.80. The molecule has 2 aromatic carbocycles. The zero-order valence-corrected chi connectivity index (χ0v) is 15.5. The average Bonchev–Trinajstić information content (AvgIpc) is 2.44. The molecule has 2 nitrogen and oxygen atoms in total. The molecule has 0 saturated heterocycles. The highest BCUT2D eigenvalue weighted by atomic mass is 32.1. The van der Waals surface area contributed by atoms with Crippen molar-refractivity contribution in [1.29, 1.82) is 0 Å². The van der Waals surface area contributed by atoms with Crippen LogP contribution in [0.2, 0.25) is 0 Å². The lowest BCUT2D eigenvalue weighted by molar-refractivity contribution is 0.625. The molecule has 0 saturated carbocycles. The predicted molar refractivity (Wildman–Crippen MR) is 104 cm³/mol. The van der Waals surface area contributed by atoms with Crippen molar-refractivity contribution in [3.05, 3.63) is 64.2 Å². The van der Waals surface area contributed by atoms with Crippen molar-refractivity contribution in [3.8, 4) is 0 Å². The lowest BCUT2D eigenvalue weighted by Gasteiger charge is -2.22. The van der Waals surface area contributed by atoms with Gasteiger partial charge in [0.15, 0.2) is 5.11 Å². The molecule has 2 N–H and O–H groups in total. The maximum absolute atomic E-state index is 5.51. The van der Waals surface area contributed by atoms with Gasteiger partial charge < -0.3 is 10.6 Å². The Labute approximate surface area is 145 Å². The first-order valence-corrected chi connectivity index (χ1v) is 8.53. The summed E-state index contributed by atoms with van der Waals surface area (Å²) in [6.07, 6.45) is 0.985. The minimum atomic E-state index is 0.224. The molecule has 0 aliphatic carbocycles. The van der Waals surface area contributed by atoms with E-state index in [-0.39, 0.29) is 6.04 Å². The molecule has 2 aromatic rings. The van der Waals surface area contributed by atoms with E-state index in [2.05, 4.69) is 81.7 Å². The molecule has 0 radical (unpaired) electrons. The molecule has 0 aliphatic rings. The lowest BCUT2D eigenvalue weighted by atomic mass is 9.98.